The number of carbonyl (C=O) groups excluding carboxylic acids is 1. The van der Waals surface area contributed by atoms with Crippen LogP contribution in [0.2, 0.25) is 0 Å². The molecule has 1 amide bonds. The zero-order chi connectivity index (χ0) is 18.5. The van der Waals surface area contributed by atoms with Crippen molar-refractivity contribution in [1.82, 2.24) is 20.0 Å². The highest BCUT2D eigenvalue weighted by atomic mass is 35.5. The third kappa shape index (κ3) is 5.02. The van der Waals surface area contributed by atoms with Crippen LogP contribution in [0.25, 0.3) is 5.69 Å². The maximum absolute atomic E-state index is 12.8. The number of ether oxygens (including phenoxy) is 1. The van der Waals surface area contributed by atoms with Crippen LogP contribution in [-0.4, -0.2) is 54.4 Å². The summed E-state index contributed by atoms with van der Waals surface area (Å²) in [6.45, 7) is 4.69. The molecule has 1 aromatic heterocycles. The van der Waals surface area contributed by atoms with Gasteiger partial charge >= 0.3 is 0 Å². The number of aromatic nitrogens is 2. The van der Waals surface area contributed by atoms with Crippen LogP contribution in [0.1, 0.15) is 35.3 Å². The van der Waals surface area contributed by atoms with Crippen LogP contribution in [0.5, 0.6) is 5.75 Å². The topological polar surface area (TPSA) is 59.4 Å². The molecule has 0 spiro atoms. The van der Waals surface area contributed by atoms with E-state index in [-0.39, 0.29) is 18.3 Å². The lowest BCUT2D eigenvalue weighted by molar-refractivity contribution is 0.0680. The van der Waals surface area contributed by atoms with Gasteiger partial charge < -0.3 is 15.0 Å². The second-order valence-electron chi connectivity index (χ2n) is 6.95. The molecule has 2 heterocycles. The van der Waals surface area contributed by atoms with E-state index < -0.39 is 0 Å². The molecule has 3 rings (SSSR count). The number of nitrogens with zero attached hydrogens (tertiary/aromatic N) is 3. The zero-order valence-corrected chi connectivity index (χ0v) is 17.1. The van der Waals surface area contributed by atoms with Gasteiger partial charge in [0.05, 0.1) is 7.11 Å². The van der Waals surface area contributed by atoms with Crippen molar-refractivity contribution in [3.63, 3.8) is 0 Å². The highest BCUT2D eigenvalue weighted by molar-refractivity contribution is 5.92. The van der Waals surface area contributed by atoms with Crippen LogP contribution in [0.15, 0.2) is 30.5 Å². The quantitative estimate of drug-likeness (QED) is 0.820. The van der Waals surface area contributed by atoms with E-state index in [0.29, 0.717) is 11.6 Å². The Bertz CT molecular complexity index is 754. The average Bonchev–Trinajstić information content (AvgIpc) is 3.16. The number of benzene rings is 1. The number of rotatable bonds is 6. The Labute approximate surface area is 167 Å². The van der Waals surface area contributed by atoms with Crippen LogP contribution in [0.4, 0.5) is 0 Å². The number of aryl methyl sites for hydroxylation is 1. The van der Waals surface area contributed by atoms with Gasteiger partial charge in [0.2, 0.25) is 0 Å². The van der Waals surface area contributed by atoms with Crippen molar-refractivity contribution in [3.8, 4) is 11.4 Å². The molecule has 1 aromatic carbocycles. The molecule has 0 atom stereocenters. The lowest BCUT2D eigenvalue weighted by Gasteiger charge is -2.31. The van der Waals surface area contributed by atoms with Gasteiger partial charge in [-0.3, -0.25) is 4.79 Å². The third-order valence-electron chi connectivity index (χ3n) is 5.09. The third-order valence-corrected chi connectivity index (χ3v) is 5.09. The molecule has 0 saturated carbocycles. The Kier molecular flexibility index (Phi) is 7.68. The Hall–Kier alpha value is -2.05. The Morgan fingerprint density at radius 1 is 1.30 bits per heavy atom. The fourth-order valence-electron chi connectivity index (χ4n) is 3.49. The summed E-state index contributed by atoms with van der Waals surface area (Å²) in [5, 5.41) is 7.71. The molecule has 27 heavy (non-hydrogen) atoms. The van der Waals surface area contributed by atoms with Gasteiger partial charge in [-0.2, -0.15) is 5.10 Å². The van der Waals surface area contributed by atoms with Crippen molar-refractivity contribution < 1.29 is 9.53 Å². The van der Waals surface area contributed by atoms with Crippen LogP contribution < -0.4 is 10.1 Å². The monoisotopic (exact) mass is 392 g/mol. The molecule has 1 aliphatic rings. The minimum absolute atomic E-state index is 0. The van der Waals surface area contributed by atoms with E-state index in [9.17, 15) is 4.79 Å². The number of carbonyl (C=O) groups is 1. The van der Waals surface area contributed by atoms with Crippen LogP contribution in [-0.2, 0) is 0 Å². The zero-order valence-electron chi connectivity index (χ0n) is 16.3. The van der Waals surface area contributed by atoms with Crippen molar-refractivity contribution in [2.24, 2.45) is 5.92 Å². The number of piperidine rings is 1. The van der Waals surface area contributed by atoms with Crippen molar-refractivity contribution in [2.75, 3.05) is 33.8 Å². The molecule has 0 bridgehead atoms. The predicted octanol–water partition coefficient (Wildman–Crippen LogP) is 3.07. The second kappa shape index (κ2) is 9.76. The van der Waals surface area contributed by atoms with Gasteiger partial charge in [-0.1, -0.05) is 6.07 Å². The average molecular weight is 393 g/mol. The summed E-state index contributed by atoms with van der Waals surface area (Å²) in [6, 6.07) is 7.71. The summed E-state index contributed by atoms with van der Waals surface area (Å²) < 4.78 is 7.14. The van der Waals surface area contributed by atoms with Crippen LogP contribution >= 0.6 is 12.4 Å². The van der Waals surface area contributed by atoms with E-state index in [2.05, 4.69) is 10.4 Å². The molecular formula is C20H29ClN4O2. The normalized spacial score (nSPS) is 14.7. The SMILES string of the molecule is CNCCC1CCN(C(=O)c2ccn(-c3cc(C)ccc3OC)n2)CC1.Cl. The van der Waals surface area contributed by atoms with E-state index in [0.717, 1.165) is 49.5 Å². The summed E-state index contributed by atoms with van der Waals surface area (Å²) in [5.41, 5.74) is 2.45. The van der Waals surface area contributed by atoms with Gasteiger partial charge in [-0.25, -0.2) is 4.68 Å². The van der Waals surface area contributed by atoms with Gasteiger partial charge in [-0.05, 0) is 69.5 Å². The van der Waals surface area contributed by atoms with Gasteiger partial charge in [0, 0.05) is 19.3 Å². The van der Waals surface area contributed by atoms with Gasteiger partial charge in [0.15, 0.2) is 5.69 Å². The number of likely N-dealkylation sites (tertiary alicyclic amines) is 1. The lowest BCUT2D eigenvalue weighted by atomic mass is 9.93. The fourth-order valence-corrected chi connectivity index (χ4v) is 3.49. The summed E-state index contributed by atoms with van der Waals surface area (Å²) in [4.78, 5) is 14.7. The Morgan fingerprint density at radius 2 is 2.04 bits per heavy atom. The van der Waals surface area contributed by atoms with Gasteiger partial charge in [0.1, 0.15) is 11.4 Å². The smallest absolute Gasteiger partial charge is 0.274 e. The summed E-state index contributed by atoms with van der Waals surface area (Å²) >= 11 is 0. The van der Waals surface area contributed by atoms with E-state index >= 15 is 0 Å². The molecule has 2 aromatic rings. The number of hydrogen-bond donors (Lipinski definition) is 1. The molecule has 0 radical (unpaired) electrons. The predicted molar refractivity (Wildman–Crippen MR) is 109 cm³/mol. The Balaban J connectivity index is 0.00000261. The van der Waals surface area contributed by atoms with Crippen LogP contribution in [0, 0.1) is 12.8 Å². The summed E-state index contributed by atoms with van der Waals surface area (Å²) in [5.74, 6) is 1.46. The maximum Gasteiger partial charge on any atom is 0.274 e. The van der Waals surface area contributed by atoms with Crippen molar-refractivity contribution in [1.29, 1.82) is 0 Å². The number of hydrogen-bond acceptors (Lipinski definition) is 4. The summed E-state index contributed by atoms with van der Waals surface area (Å²) in [6.07, 6.45) is 5.14. The number of amides is 1. The van der Waals surface area contributed by atoms with Crippen LogP contribution in [0.3, 0.4) is 0 Å². The van der Waals surface area contributed by atoms with Gasteiger partial charge in [-0.15, -0.1) is 12.4 Å². The Morgan fingerprint density at radius 3 is 2.70 bits per heavy atom. The fraction of sp³-hybridized carbons (Fsp3) is 0.500. The molecule has 1 N–H and O–H groups in total. The molecular weight excluding hydrogens is 364 g/mol. The highest BCUT2D eigenvalue weighted by Gasteiger charge is 2.25. The molecule has 1 aliphatic heterocycles. The highest BCUT2D eigenvalue weighted by Crippen LogP contribution is 2.24. The molecule has 1 fully saturated rings. The molecule has 6 nitrogen and oxygen atoms in total. The minimum atomic E-state index is 0. The second-order valence-corrected chi connectivity index (χ2v) is 6.95. The minimum Gasteiger partial charge on any atom is -0.494 e. The first-order valence-corrected chi connectivity index (χ1v) is 9.27. The van der Waals surface area contributed by atoms with E-state index in [1.807, 2.05) is 43.3 Å². The molecule has 148 valence electrons. The van der Waals surface area contributed by atoms with Crippen molar-refractivity contribution in [2.45, 2.75) is 26.2 Å². The number of halogens is 1. The lowest BCUT2D eigenvalue weighted by Crippen LogP contribution is -2.39. The van der Waals surface area contributed by atoms with Crippen molar-refractivity contribution in [3.05, 3.63) is 41.7 Å². The number of methoxy groups -OCH3 is 1. The van der Waals surface area contributed by atoms with E-state index in [1.165, 1.54) is 6.42 Å². The first kappa shape index (κ1) is 21.3. The molecule has 7 heteroatoms. The van der Waals surface area contributed by atoms with Crippen molar-refractivity contribution >= 4 is 18.3 Å². The standard InChI is InChI=1S/C20H28N4O2.ClH/c1-15-4-5-19(26-3)18(14-15)24-13-9-17(22-24)20(25)23-11-7-16(8-12-23)6-10-21-2;/h4-5,9,13-14,16,21H,6-8,10-12H2,1-3H3;1H. The molecule has 0 unspecified atom stereocenters. The maximum atomic E-state index is 12.8. The van der Waals surface area contributed by atoms with E-state index in [4.69, 9.17) is 4.74 Å². The summed E-state index contributed by atoms with van der Waals surface area (Å²) in [7, 11) is 3.63. The first-order valence-electron chi connectivity index (χ1n) is 9.27. The molecule has 0 aliphatic carbocycles. The number of nitrogens with one attached hydrogen (secondary N) is 1. The molecule has 1 saturated heterocycles. The first-order chi connectivity index (χ1) is 12.6. The largest absolute Gasteiger partial charge is 0.494 e. The van der Waals surface area contributed by atoms with E-state index in [1.54, 1.807) is 17.9 Å². The van der Waals surface area contributed by atoms with Gasteiger partial charge in [0.25, 0.3) is 5.91 Å².